The molecule has 2 aromatic carbocycles. The molecule has 0 saturated carbocycles. The summed E-state index contributed by atoms with van der Waals surface area (Å²) in [6, 6.07) is 13.7. The third-order valence-electron chi connectivity index (χ3n) is 6.04. The number of ether oxygens (including phenoxy) is 3. The number of carbonyl (C=O) groups excluding carboxylic acids is 1. The van der Waals surface area contributed by atoms with Crippen LogP contribution < -0.4 is 19.7 Å². The van der Waals surface area contributed by atoms with Gasteiger partial charge in [-0.1, -0.05) is 36.0 Å². The molecule has 2 aliphatic heterocycles. The average molecular weight is 496 g/mol. The van der Waals surface area contributed by atoms with Gasteiger partial charge in [0.1, 0.15) is 13.2 Å². The van der Waals surface area contributed by atoms with Gasteiger partial charge in [-0.2, -0.15) is 0 Å². The van der Waals surface area contributed by atoms with Crippen molar-refractivity contribution < 1.29 is 19.0 Å². The third-order valence-corrected chi connectivity index (χ3v) is 6.97. The number of carbonyl (C=O) groups is 1. The first-order chi connectivity index (χ1) is 17.1. The zero-order valence-electron chi connectivity index (χ0n) is 19.9. The molecule has 1 saturated heterocycles. The first-order valence-electron chi connectivity index (χ1n) is 11.8. The standard InChI is InChI=1S/C25H29N5O4S/c1-17-5-3-4-6-20(17)30-24(29-9-11-32-12-10-29)27-28-25(30)35-16-23(31)26-18(2)19-7-8-21-22(15-19)34-14-13-33-21/h3-8,15,18H,9-14,16H2,1-2H3,(H,26,31)/t18-/m0/s1. The molecule has 184 valence electrons. The SMILES string of the molecule is Cc1ccccc1-n1c(SCC(=O)N[C@@H](C)c2ccc3c(c2)OCCO3)nnc1N1CCOCC1. The number of thioether (sulfide) groups is 1. The van der Waals surface area contributed by atoms with Gasteiger partial charge >= 0.3 is 0 Å². The molecule has 1 aromatic heterocycles. The second-order valence-electron chi connectivity index (χ2n) is 8.48. The van der Waals surface area contributed by atoms with Gasteiger partial charge in [0.05, 0.1) is 30.7 Å². The van der Waals surface area contributed by atoms with Crippen LogP contribution in [0.5, 0.6) is 11.5 Å². The Hall–Kier alpha value is -3.24. The highest BCUT2D eigenvalue weighted by Gasteiger charge is 2.23. The Morgan fingerprint density at radius 1 is 1.06 bits per heavy atom. The number of amides is 1. The van der Waals surface area contributed by atoms with Gasteiger partial charge in [-0.25, -0.2) is 0 Å². The molecule has 0 bridgehead atoms. The maximum atomic E-state index is 12.8. The zero-order valence-corrected chi connectivity index (χ0v) is 20.7. The van der Waals surface area contributed by atoms with Crippen LogP contribution in [0, 0.1) is 6.92 Å². The minimum Gasteiger partial charge on any atom is -0.486 e. The number of nitrogens with zero attached hydrogens (tertiary/aromatic N) is 4. The lowest BCUT2D eigenvalue weighted by Crippen LogP contribution is -2.38. The van der Waals surface area contributed by atoms with Crippen LogP contribution in [0.2, 0.25) is 0 Å². The zero-order chi connectivity index (χ0) is 24.2. The monoisotopic (exact) mass is 495 g/mol. The smallest absolute Gasteiger partial charge is 0.232 e. The Morgan fingerprint density at radius 3 is 2.63 bits per heavy atom. The summed E-state index contributed by atoms with van der Waals surface area (Å²) >= 11 is 1.38. The Bertz CT molecular complexity index is 1190. The van der Waals surface area contributed by atoms with E-state index in [9.17, 15) is 4.79 Å². The fourth-order valence-corrected chi connectivity index (χ4v) is 4.93. The van der Waals surface area contributed by atoms with E-state index in [1.165, 1.54) is 11.8 Å². The molecule has 0 aliphatic carbocycles. The van der Waals surface area contributed by atoms with Gasteiger partial charge in [0.15, 0.2) is 16.7 Å². The van der Waals surface area contributed by atoms with E-state index in [0.717, 1.165) is 41.6 Å². The van der Waals surface area contributed by atoms with Gasteiger partial charge in [-0.15, -0.1) is 10.2 Å². The van der Waals surface area contributed by atoms with Crippen molar-refractivity contribution in [2.75, 3.05) is 50.2 Å². The van der Waals surface area contributed by atoms with E-state index in [0.29, 0.717) is 37.3 Å². The van der Waals surface area contributed by atoms with Gasteiger partial charge in [-0.05, 0) is 43.2 Å². The molecule has 0 spiro atoms. The number of aryl methyl sites for hydroxylation is 1. The highest BCUT2D eigenvalue weighted by atomic mass is 32.2. The number of benzene rings is 2. The first kappa shape index (κ1) is 23.5. The molecule has 1 fully saturated rings. The summed E-state index contributed by atoms with van der Waals surface area (Å²) in [6.07, 6.45) is 0. The molecule has 9 nitrogen and oxygen atoms in total. The van der Waals surface area contributed by atoms with Crippen molar-refractivity contribution in [1.29, 1.82) is 0 Å². The number of morpholine rings is 1. The highest BCUT2D eigenvalue weighted by molar-refractivity contribution is 7.99. The summed E-state index contributed by atoms with van der Waals surface area (Å²) < 4.78 is 18.8. The summed E-state index contributed by atoms with van der Waals surface area (Å²) in [6.45, 7) is 7.92. The number of nitrogens with one attached hydrogen (secondary N) is 1. The summed E-state index contributed by atoms with van der Waals surface area (Å²) in [5.41, 5.74) is 3.08. The van der Waals surface area contributed by atoms with E-state index in [4.69, 9.17) is 14.2 Å². The largest absolute Gasteiger partial charge is 0.486 e. The number of aromatic nitrogens is 3. The van der Waals surface area contributed by atoms with Crippen LogP contribution in [-0.4, -0.2) is 65.9 Å². The molecule has 35 heavy (non-hydrogen) atoms. The molecule has 5 rings (SSSR count). The molecule has 3 heterocycles. The van der Waals surface area contributed by atoms with Crippen LogP contribution in [0.1, 0.15) is 24.1 Å². The predicted octanol–water partition coefficient (Wildman–Crippen LogP) is 3.15. The van der Waals surface area contributed by atoms with Crippen molar-refractivity contribution in [2.24, 2.45) is 0 Å². The quantitative estimate of drug-likeness (QED) is 0.500. The van der Waals surface area contributed by atoms with Gasteiger partial charge in [0, 0.05) is 13.1 Å². The Labute approximate surface area is 208 Å². The second-order valence-corrected chi connectivity index (χ2v) is 9.43. The van der Waals surface area contributed by atoms with E-state index < -0.39 is 0 Å². The van der Waals surface area contributed by atoms with Gasteiger partial charge in [-0.3, -0.25) is 9.36 Å². The molecule has 1 N–H and O–H groups in total. The van der Waals surface area contributed by atoms with Crippen LogP contribution in [0.15, 0.2) is 47.6 Å². The Morgan fingerprint density at radius 2 is 1.83 bits per heavy atom. The van der Waals surface area contributed by atoms with Crippen LogP contribution in [0.4, 0.5) is 5.95 Å². The number of hydrogen-bond acceptors (Lipinski definition) is 8. The van der Waals surface area contributed by atoms with E-state index in [1.54, 1.807) is 0 Å². The van der Waals surface area contributed by atoms with Crippen molar-refractivity contribution in [2.45, 2.75) is 25.0 Å². The van der Waals surface area contributed by atoms with Crippen molar-refractivity contribution in [3.05, 3.63) is 53.6 Å². The maximum Gasteiger partial charge on any atom is 0.232 e. The number of rotatable bonds is 7. The summed E-state index contributed by atoms with van der Waals surface area (Å²) in [4.78, 5) is 15.0. The lowest BCUT2D eigenvalue weighted by Gasteiger charge is -2.28. The minimum atomic E-state index is -0.169. The fraction of sp³-hybridized carbons (Fsp3) is 0.400. The first-order valence-corrected chi connectivity index (χ1v) is 12.7. The lowest BCUT2D eigenvalue weighted by molar-refractivity contribution is -0.119. The number of anilines is 1. The van der Waals surface area contributed by atoms with E-state index in [1.807, 2.05) is 41.8 Å². The van der Waals surface area contributed by atoms with Crippen LogP contribution in [-0.2, 0) is 9.53 Å². The molecular formula is C25H29N5O4S. The molecule has 3 aromatic rings. The van der Waals surface area contributed by atoms with Crippen molar-refractivity contribution in [3.8, 4) is 17.2 Å². The molecule has 2 aliphatic rings. The molecule has 1 amide bonds. The normalized spacial score (nSPS) is 16.1. The molecule has 1 atom stereocenters. The second kappa shape index (κ2) is 10.6. The van der Waals surface area contributed by atoms with Crippen LogP contribution in [0.25, 0.3) is 5.69 Å². The van der Waals surface area contributed by atoms with Crippen LogP contribution >= 0.6 is 11.8 Å². The minimum absolute atomic E-state index is 0.0790. The van der Waals surface area contributed by atoms with Crippen LogP contribution in [0.3, 0.4) is 0 Å². The lowest BCUT2D eigenvalue weighted by atomic mass is 10.1. The number of para-hydroxylation sites is 1. The third kappa shape index (κ3) is 5.23. The van der Waals surface area contributed by atoms with Gasteiger partial charge in [0.2, 0.25) is 11.9 Å². The fourth-order valence-electron chi connectivity index (χ4n) is 4.17. The van der Waals surface area contributed by atoms with E-state index in [-0.39, 0.29) is 17.7 Å². The number of hydrogen-bond donors (Lipinski definition) is 1. The molecule has 0 radical (unpaired) electrons. The van der Waals surface area contributed by atoms with E-state index >= 15 is 0 Å². The topological polar surface area (TPSA) is 90.7 Å². The number of fused-ring (bicyclic) bond motifs is 1. The Kier molecular flexibility index (Phi) is 7.10. The highest BCUT2D eigenvalue weighted by Crippen LogP contribution is 2.33. The molecular weight excluding hydrogens is 466 g/mol. The summed E-state index contributed by atoms with van der Waals surface area (Å²) in [7, 11) is 0. The Balaban J connectivity index is 1.29. The predicted molar refractivity (Wildman–Crippen MR) is 134 cm³/mol. The van der Waals surface area contributed by atoms with E-state index in [2.05, 4.69) is 39.5 Å². The van der Waals surface area contributed by atoms with Crippen molar-refractivity contribution >= 4 is 23.6 Å². The van der Waals surface area contributed by atoms with Crippen molar-refractivity contribution in [3.63, 3.8) is 0 Å². The summed E-state index contributed by atoms with van der Waals surface area (Å²) in [5, 5.41) is 12.7. The maximum absolute atomic E-state index is 12.8. The van der Waals surface area contributed by atoms with Gasteiger partial charge in [0.25, 0.3) is 0 Å². The molecule has 0 unspecified atom stereocenters. The summed E-state index contributed by atoms with van der Waals surface area (Å²) in [5.74, 6) is 2.37. The van der Waals surface area contributed by atoms with Gasteiger partial charge < -0.3 is 24.4 Å². The molecule has 10 heteroatoms. The van der Waals surface area contributed by atoms with Crippen molar-refractivity contribution in [1.82, 2.24) is 20.1 Å². The average Bonchev–Trinajstić information content (AvgIpc) is 3.31.